The predicted octanol–water partition coefficient (Wildman–Crippen LogP) is 0.238. The fraction of sp³-hybridized carbons (Fsp3) is 0.529. The molecular formula is C17H22N4O5. The molecule has 0 N–H and O–H groups in total. The molecule has 1 aromatic heterocycles. The van der Waals surface area contributed by atoms with Crippen LogP contribution in [0.25, 0.3) is 0 Å². The average Bonchev–Trinajstić information content (AvgIpc) is 3.25. The Morgan fingerprint density at radius 1 is 1.12 bits per heavy atom. The lowest BCUT2D eigenvalue weighted by atomic mass is 10.2. The van der Waals surface area contributed by atoms with Gasteiger partial charge in [0.15, 0.2) is 5.76 Å². The Labute approximate surface area is 151 Å². The van der Waals surface area contributed by atoms with Crippen LogP contribution in [0, 0.1) is 0 Å². The van der Waals surface area contributed by atoms with Crippen molar-refractivity contribution in [1.82, 2.24) is 19.6 Å². The van der Waals surface area contributed by atoms with Gasteiger partial charge in [0, 0.05) is 46.2 Å². The second kappa shape index (κ2) is 7.59. The first-order valence-electron chi connectivity index (χ1n) is 8.63. The summed E-state index contributed by atoms with van der Waals surface area (Å²) in [6.45, 7) is 2.20. The zero-order valence-electron chi connectivity index (χ0n) is 14.7. The molecule has 2 fully saturated rings. The number of imide groups is 1. The first-order valence-corrected chi connectivity index (χ1v) is 8.63. The van der Waals surface area contributed by atoms with Crippen LogP contribution in [0.5, 0.6) is 0 Å². The quantitative estimate of drug-likeness (QED) is 0.700. The van der Waals surface area contributed by atoms with Crippen LogP contribution in [0.4, 0.5) is 4.79 Å². The molecule has 2 saturated heterocycles. The van der Waals surface area contributed by atoms with Crippen molar-refractivity contribution in [2.75, 3.05) is 46.3 Å². The molecule has 3 heterocycles. The lowest BCUT2D eigenvalue weighted by Crippen LogP contribution is -2.50. The fourth-order valence-electron chi connectivity index (χ4n) is 3.15. The van der Waals surface area contributed by atoms with E-state index in [4.69, 9.17) is 4.42 Å². The van der Waals surface area contributed by atoms with Crippen molar-refractivity contribution in [3.63, 3.8) is 0 Å². The lowest BCUT2D eigenvalue weighted by Gasteiger charge is -2.34. The third-order valence-corrected chi connectivity index (χ3v) is 4.65. The second-order valence-electron chi connectivity index (χ2n) is 6.44. The van der Waals surface area contributed by atoms with Crippen molar-refractivity contribution in [3.8, 4) is 0 Å². The molecule has 9 nitrogen and oxygen atoms in total. The van der Waals surface area contributed by atoms with Crippen molar-refractivity contribution in [3.05, 3.63) is 24.2 Å². The standard InChI is InChI=1S/C17H22N4O5/c1-18-12-15(23)21(17(18)25)6-2-5-14(22)19-7-9-20(10-8-19)16(24)13-4-3-11-26-13/h3-4,11H,2,5-10,12H2,1H3. The number of hydrogen-bond donors (Lipinski definition) is 0. The highest BCUT2D eigenvalue weighted by Crippen LogP contribution is 2.12. The van der Waals surface area contributed by atoms with Crippen LogP contribution in [-0.4, -0.2) is 89.7 Å². The minimum atomic E-state index is -0.312. The smallest absolute Gasteiger partial charge is 0.326 e. The zero-order chi connectivity index (χ0) is 18.7. The third kappa shape index (κ3) is 3.71. The van der Waals surface area contributed by atoms with Gasteiger partial charge in [-0.1, -0.05) is 0 Å². The molecule has 3 rings (SSSR count). The summed E-state index contributed by atoms with van der Waals surface area (Å²) in [6.07, 6.45) is 2.17. The Balaban J connectivity index is 1.41. The summed E-state index contributed by atoms with van der Waals surface area (Å²) in [4.78, 5) is 53.9. The van der Waals surface area contributed by atoms with Crippen LogP contribution in [0.2, 0.25) is 0 Å². The zero-order valence-corrected chi connectivity index (χ0v) is 14.7. The maximum absolute atomic E-state index is 12.3. The van der Waals surface area contributed by atoms with Gasteiger partial charge in [0.2, 0.25) is 11.8 Å². The molecule has 0 atom stereocenters. The number of piperazine rings is 1. The Morgan fingerprint density at radius 2 is 1.81 bits per heavy atom. The van der Waals surface area contributed by atoms with Gasteiger partial charge < -0.3 is 19.1 Å². The van der Waals surface area contributed by atoms with Crippen molar-refractivity contribution in [2.45, 2.75) is 12.8 Å². The monoisotopic (exact) mass is 362 g/mol. The Kier molecular flexibility index (Phi) is 5.24. The molecule has 0 bridgehead atoms. The van der Waals surface area contributed by atoms with E-state index >= 15 is 0 Å². The minimum absolute atomic E-state index is 0.0254. The number of urea groups is 1. The van der Waals surface area contributed by atoms with E-state index in [1.807, 2.05) is 0 Å². The highest BCUT2D eigenvalue weighted by Gasteiger charge is 2.33. The maximum atomic E-state index is 12.3. The highest BCUT2D eigenvalue weighted by molar-refractivity contribution is 6.01. The van der Waals surface area contributed by atoms with E-state index in [2.05, 4.69) is 0 Å². The number of rotatable bonds is 5. The van der Waals surface area contributed by atoms with Crippen LogP contribution in [0.3, 0.4) is 0 Å². The van der Waals surface area contributed by atoms with E-state index in [1.54, 1.807) is 29.0 Å². The van der Waals surface area contributed by atoms with Gasteiger partial charge in [0.1, 0.15) is 6.54 Å². The van der Waals surface area contributed by atoms with Gasteiger partial charge in [-0.05, 0) is 18.6 Å². The minimum Gasteiger partial charge on any atom is -0.459 e. The summed E-state index contributed by atoms with van der Waals surface area (Å²) in [5, 5.41) is 0. The summed E-state index contributed by atoms with van der Waals surface area (Å²) >= 11 is 0. The number of nitrogens with zero attached hydrogens (tertiary/aromatic N) is 4. The van der Waals surface area contributed by atoms with Gasteiger partial charge >= 0.3 is 6.03 Å². The summed E-state index contributed by atoms with van der Waals surface area (Å²) in [5.41, 5.74) is 0. The largest absolute Gasteiger partial charge is 0.459 e. The number of carbonyl (C=O) groups is 4. The van der Waals surface area contributed by atoms with E-state index < -0.39 is 0 Å². The number of carbonyl (C=O) groups excluding carboxylic acids is 4. The third-order valence-electron chi connectivity index (χ3n) is 4.65. The molecule has 2 aliphatic heterocycles. The van der Waals surface area contributed by atoms with Crippen LogP contribution >= 0.6 is 0 Å². The number of amides is 5. The average molecular weight is 362 g/mol. The van der Waals surface area contributed by atoms with Gasteiger partial charge in [-0.3, -0.25) is 19.3 Å². The first kappa shape index (κ1) is 18.0. The maximum Gasteiger partial charge on any atom is 0.326 e. The molecule has 0 aliphatic carbocycles. The molecule has 140 valence electrons. The van der Waals surface area contributed by atoms with E-state index in [9.17, 15) is 19.2 Å². The number of likely N-dealkylation sites (N-methyl/N-ethyl adjacent to an activating group) is 1. The molecule has 2 aliphatic rings. The number of furan rings is 1. The van der Waals surface area contributed by atoms with Crippen molar-refractivity contribution in [1.29, 1.82) is 0 Å². The summed E-state index contributed by atoms with van der Waals surface area (Å²) in [6, 6.07) is 2.98. The molecular weight excluding hydrogens is 340 g/mol. The van der Waals surface area contributed by atoms with E-state index in [1.165, 1.54) is 16.1 Å². The van der Waals surface area contributed by atoms with Gasteiger partial charge in [-0.2, -0.15) is 0 Å². The van der Waals surface area contributed by atoms with E-state index in [0.717, 1.165) is 0 Å². The van der Waals surface area contributed by atoms with Crippen LogP contribution in [0.15, 0.2) is 22.8 Å². The molecule has 5 amide bonds. The Morgan fingerprint density at radius 3 is 2.38 bits per heavy atom. The molecule has 0 spiro atoms. The summed E-state index contributed by atoms with van der Waals surface area (Å²) in [5.74, 6) is -0.121. The lowest BCUT2D eigenvalue weighted by molar-refractivity contribution is -0.133. The van der Waals surface area contributed by atoms with Crippen molar-refractivity contribution < 1.29 is 23.6 Å². The van der Waals surface area contributed by atoms with Gasteiger partial charge in [-0.15, -0.1) is 0 Å². The van der Waals surface area contributed by atoms with E-state index in [0.29, 0.717) is 38.4 Å². The topological polar surface area (TPSA) is 94.4 Å². The predicted molar refractivity (Wildman–Crippen MR) is 90.2 cm³/mol. The molecule has 0 radical (unpaired) electrons. The van der Waals surface area contributed by atoms with Gasteiger partial charge in [0.05, 0.1) is 6.26 Å². The Bertz CT molecular complexity index is 694. The van der Waals surface area contributed by atoms with E-state index in [-0.39, 0.29) is 43.3 Å². The van der Waals surface area contributed by atoms with Crippen molar-refractivity contribution >= 4 is 23.8 Å². The second-order valence-corrected chi connectivity index (χ2v) is 6.44. The van der Waals surface area contributed by atoms with Crippen LogP contribution < -0.4 is 0 Å². The van der Waals surface area contributed by atoms with Crippen molar-refractivity contribution in [2.24, 2.45) is 0 Å². The first-order chi connectivity index (χ1) is 12.5. The molecule has 1 aromatic rings. The Hall–Kier alpha value is -2.84. The summed E-state index contributed by atoms with van der Waals surface area (Å²) < 4.78 is 5.11. The number of hydrogen-bond acceptors (Lipinski definition) is 5. The van der Waals surface area contributed by atoms with Crippen LogP contribution in [-0.2, 0) is 9.59 Å². The van der Waals surface area contributed by atoms with Crippen LogP contribution in [0.1, 0.15) is 23.4 Å². The normalized spacial score (nSPS) is 18.0. The molecule has 0 aromatic carbocycles. The molecule has 26 heavy (non-hydrogen) atoms. The SMILES string of the molecule is CN1CC(=O)N(CCCC(=O)N2CCN(C(=O)c3ccco3)CC2)C1=O. The van der Waals surface area contributed by atoms with Gasteiger partial charge in [-0.25, -0.2) is 4.79 Å². The van der Waals surface area contributed by atoms with Gasteiger partial charge in [0.25, 0.3) is 5.91 Å². The fourth-order valence-corrected chi connectivity index (χ4v) is 3.15. The molecule has 9 heteroatoms. The molecule has 0 saturated carbocycles. The summed E-state index contributed by atoms with van der Waals surface area (Å²) in [7, 11) is 1.58. The highest BCUT2D eigenvalue weighted by atomic mass is 16.3. The molecule has 0 unspecified atom stereocenters.